The number of anilines is 1. The molecule has 2 aromatic rings. The Morgan fingerprint density at radius 2 is 1.96 bits per heavy atom. The first-order chi connectivity index (χ1) is 12.0. The largest absolute Gasteiger partial charge is 0.346 e. The standard InChI is InChI=1S/C21H19N3O/c1-21(2)16-6-4-5-7-17(16)24(3)19(21)13-23-20-15-12-22-11-10-14(15)8-9-18(20)25/h4-13H,1-3H3/b19-13+,23-20?. The van der Waals surface area contributed by atoms with Crippen LogP contribution in [-0.4, -0.2) is 23.5 Å². The van der Waals surface area contributed by atoms with E-state index >= 15 is 0 Å². The third-order valence-electron chi connectivity index (χ3n) is 5.01. The van der Waals surface area contributed by atoms with Crippen molar-refractivity contribution in [2.75, 3.05) is 11.9 Å². The third kappa shape index (κ3) is 2.33. The number of allylic oxidation sites excluding steroid dienone is 2. The summed E-state index contributed by atoms with van der Waals surface area (Å²) in [6, 6.07) is 10.2. The van der Waals surface area contributed by atoms with E-state index in [-0.39, 0.29) is 11.2 Å². The van der Waals surface area contributed by atoms with Crippen molar-refractivity contribution in [1.29, 1.82) is 0 Å². The van der Waals surface area contributed by atoms with Crippen molar-refractivity contribution in [2.24, 2.45) is 4.99 Å². The zero-order chi connectivity index (χ0) is 17.6. The summed E-state index contributed by atoms with van der Waals surface area (Å²) in [5.41, 5.74) is 5.53. The predicted octanol–water partition coefficient (Wildman–Crippen LogP) is 3.74. The molecule has 0 amide bonds. The lowest BCUT2D eigenvalue weighted by Gasteiger charge is -2.23. The van der Waals surface area contributed by atoms with Gasteiger partial charge >= 0.3 is 0 Å². The van der Waals surface area contributed by atoms with Gasteiger partial charge in [-0.25, -0.2) is 0 Å². The number of aromatic nitrogens is 1. The van der Waals surface area contributed by atoms with Crippen molar-refractivity contribution in [3.63, 3.8) is 0 Å². The molecule has 25 heavy (non-hydrogen) atoms. The molecule has 0 spiro atoms. The molecule has 0 saturated carbocycles. The molecule has 2 aliphatic rings. The Labute approximate surface area is 147 Å². The van der Waals surface area contributed by atoms with Crippen molar-refractivity contribution in [3.05, 3.63) is 77.4 Å². The maximum Gasteiger partial charge on any atom is 0.204 e. The van der Waals surface area contributed by atoms with E-state index in [1.54, 1.807) is 18.5 Å². The summed E-state index contributed by atoms with van der Waals surface area (Å²) < 4.78 is 0. The van der Waals surface area contributed by atoms with Crippen LogP contribution in [0.4, 0.5) is 5.69 Å². The van der Waals surface area contributed by atoms with Gasteiger partial charge in [-0.05, 0) is 29.3 Å². The lowest BCUT2D eigenvalue weighted by atomic mass is 9.84. The van der Waals surface area contributed by atoms with Crippen molar-refractivity contribution in [1.82, 2.24) is 4.98 Å². The van der Waals surface area contributed by atoms with Crippen LogP contribution >= 0.6 is 0 Å². The zero-order valence-electron chi connectivity index (χ0n) is 14.5. The Balaban J connectivity index is 1.81. The number of rotatable bonds is 1. The topological polar surface area (TPSA) is 45.6 Å². The monoisotopic (exact) mass is 329 g/mol. The first-order valence-electron chi connectivity index (χ1n) is 8.28. The summed E-state index contributed by atoms with van der Waals surface area (Å²) in [5, 5.41) is 0. The van der Waals surface area contributed by atoms with Gasteiger partial charge in [-0.3, -0.25) is 14.8 Å². The van der Waals surface area contributed by atoms with E-state index in [1.807, 2.05) is 31.5 Å². The second-order valence-electron chi connectivity index (χ2n) is 6.85. The van der Waals surface area contributed by atoms with Gasteiger partial charge in [0.05, 0.1) is 0 Å². The Morgan fingerprint density at radius 1 is 1.16 bits per heavy atom. The molecule has 4 heteroatoms. The van der Waals surface area contributed by atoms with Gasteiger partial charge in [0.15, 0.2) is 0 Å². The molecule has 124 valence electrons. The number of carbonyl (C=O) groups excluding carboxylic acids is 1. The minimum atomic E-state index is -0.166. The zero-order valence-corrected chi connectivity index (χ0v) is 14.5. The van der Waals surface area contributed by atoms with E-state index in [0.717, 1.165) is 16.8 Å². The van der Waals surface area contributed by atoms with Gasteiger partial charge in [0.2, 0.25) is 5.78 Å². The minimum Gasteiger partial charge on any atom is -0.346 e. The van der Waals surface area contributed by atoms with Crippen LogP contribution in [-0.2, 0) is 10.2 Å². The predicted molar refractivity (Wildman–Crippen MR) is 101 cm³/mol. The molecular weight excluding hydrogens is 310 g/mol. The smallest absolute Gasteiger partial charge is 0.204 e. The van der Waals surface area contributed by atoms with E-state index in [2.05, 4.69) is 46.9 Å². The fourth-order valence-corrected chi connectivity index (χ4v) is 3.61. The van der Waals surface area contributed by atoms with Gasteiger partial charge in [-0.2, -0.15) is 0 Å². The number of benzene rings is 1. The van der Waals surface area contributed by atoms with Crippen LogP contribution in [0.15, 0.2) is 65.7 Å². The van der Waals surface area contributed by atoms with E-state index < -0.39 is 0 Å². The molecule has 1 aromatic carbocycles. The van der Waals surface area contributed by atoms with E-state index in [9.17, 15) is 4.79 Å². The number of ketones is 1. The summed E-state index contributed by atoms with van der Waals surface area (Å²) in [6.45, 7) is 4.36. The Hall–Kier alpha value is -3.01. The van der Waals surface area contributed by atoms with Gasteiger partial charge in [-0.1, -0.05) is 38.1 Å². The minimum absolute atomic E-state index is 0.0895. The fraction of sp³-hybridized carbons (Fsp3) is 0.190. The van der Waals surface area contributed by atoms with Crippen molar-refractivity contribution in [3.8, 4) is 0 Å². The highest BCUT2D eigenvalue weighted by molar-refractivity contribution is 6.52. The van der Waals surface area contributed by atoms with Crippen molar-refractivity contribution < 1.29 is 4.79 Å². The molecule has 4 nitrogen and oxygen atoms in total. The Morgan fingerprint density at radius 3 is 2.76 bits per heavy atom. The maximum atomic E-state index is 12.3. The molecule has 1 aromatic heterocycles. The molecule has 0 saturated heterocycles. The molecule has 0 bridgehead atoms. The van der Waals surface area contributed by atoms with Crippen LogP contribution in [0, 0.1) is 0 Å². The quantitative estimate of drug-likeness (QED) is 0.801. The number of para-hydroxylation sites is 1. The lowest BCUT2D eigenvalue weighted by Crippen LogP contribution is -2.23. The van der Waals surface area contributed by atoms with Crippen LogP contribution in [0.3, 0.4) is 0 Å². The SMILES string of the molecule is CN1/C(=C/N=C2C(=O)C=Cc3ccncc32)C(C)(C)c2ccccc21. The number of likely N-dealkylation sites (N-methyl/N-ethyl adjacent to an activating group) is 1. The lowest BCUT2D eigenvalue weighted by molar-refractivity contribution is -0.108. The second-order valence-corrected chi connectivity index (χ2v) is 6.85. The van der Waals surface area contributed by atoms with E-state index in [4.69, 9.17) is 0 Å². The van der Waals surface area contributed by atoms with Crippen LogP contribution in [0.5, 0.6) is 0 Å². The Kier molecular flexibility index (Phi) is 3.42. The van der Waals surface area contributed by atoms with E-state index in [0.29, 0.717) is 5.71 Å². The molecule has 0 unspecified atom stereocenters. The normalized spacial score (nSPS) is 20.9. The van der Waals surface area contributed by atoms with Crippen LogP contribution in [0.25, 0.3) is 6.08 Å². The first kappa shape index (κ1) is 15.5. The number of pyridine rings is 1. The average Bonchev–Trinajstić information content (AvgIpc) is 2.81. The number of fused-ring (bicyclic) bond motifs is 2. The molecule has 0 radical (unpaired) electrons. The molecule has 0 fully saturated rings. The van der Waals surface area contributed by atoms with E-state index in [1.165, 1.54) is 11.3 Å². The maximum absolute atomic E-state index is 12.3. The molecular formula is C21H19N3O. The molecule has 1 aliphatic heterocycles. The van der Waals surface area contributed by atoms with Gasteiger partial charge in [0, 0.05) is 48.0 Å². The summed E-state index contributed by atoms with van der Waals surface area (Å²) in [5.74, 6) is -0.0895. The van der Waals surface area contributed by atoms with Crippen LogP contribution in [0.1, 0.15) is 30.5 Å². The molecule has 4 rings (SSSR count). The molecule has 0 N–H and O–H groups in total. The highest BCUT2D eigenvalue weighted by atomic mass is 16.1. The number of hydrogen-bond acceptors (Lipinski definition) is 4. The summed E-state index contributed by atoms with van der Waals surface area (Å²) in [4.78, 5) is 23.2. The number of nitrogens with zero attached hydrogens (tertiary/aromatic N) is 3. The summed E-state index contributed by atoms with van der Waals surface area (Å²) in [6.07, 6.45) is 8.62. The molecule has 0 atom stereocenters. The van der Waals surface area contributed by atoms with Crippen molar-refractivity contribution in [2.45, 2.75) is 19.3 Å². The number of hydrogen-bond donors (Lipinski definition) is 0. The number of carbonyl (C=O) groups is 1. The first-order valence-corrected chi connectivity index (χ1v) is 8.28. The van der Waals surface area contributed by atoms with Crippen molar-refractivity contribution >= 4 is 23.3 Å². The summed E-state index contributed by atoms with van der Waals surface area (Å²) in [7, 11) is 2.04. The highest BCUT2D eigenvalue weighted by Gasteiger charge is 2.38. The molecule has 1 aliphatic carbocycles. The van der Waals surface area contributed by atoms with Gasteiger partial charge in [0.25, 0.3) is 0 Å². The second kappa shape index (κ2) is 5.52. The molecule has 2 heterocycles. The fourth-order valence-electron chi connectivity index (χ4n) is 3.61. The van der Waals surface area contributed by atoms with Gasteiger partial charge < -0.3 is 4.90 Å². The average molecular weight is 329 g/mol. The van der Waals surface area contributed by atoms with Gasteiger partial charge in [-0.15, -0.1) is 0 Å². The van der Waals surface area contributed by atoms with Crippen LogP contribution < -0.4 is 4.90 Å². The summed E-state index contributed by atoms with van der Waals surface area (Å²) >= 11 is 0. The van der Waals surface area contributed by atoms with Crippen LogP contribution in [0.2, 0.25) is 0 Å². The van der Waals surface area contributed by atoms with Gasteiger partial charge in [0.1, 0.15) is 5.71 Å². The third-order valence-corrected chi connectivity index (χ3v) is 5.01. The Bertz CT molecular complexity index is 967. The highest BCUT2D eigenvalue weighted by Crippen LogP contribution is 2.46. The number of aliphatic imine (C=N–C) groups is 1.